The van der Waals surface area contributed by atoms with Crippen molar-refractivity contribution in [1.29, 1.82) is 0 Å². The molecule has 0 aromatic heterocycles. The highest BCUT2D eigenvalue weighted by atomic mass is 16.6. The first kappa shape index (κ1) is 14.9. The van der Waals surface area contributed by atoms with Crippen molar-refractivity contribution in [3.8, 4) is 0 Å². The van der Waals surface area contributed by atoms with Gasteiger partial charge in [-0.2, -0.15) is 0 Å². The van der Waals surface area contributed by atoms with Gasteiger partial charge in [0.2, 0.25) is 0 Å². The summed E-state index contributed by atoms with van der Waals surface area (Å²) in [5, 5.41) is 6.94. The Kier molecular flexibility index (Phi) is 3.78. The summed E-state index contributed by atoms with van der Waals surface area (Å²) in [5.41, 5.74) is 10.3. The van der Waals surface area contributed by atoms with Gasteiger partial charge in [0.15, 0.2) is 0 Å². The van der Waals surface area contributed by atoms with E-state index < -0.39 is 0 Å². The van der Waals surface area contributed by atoms with Crippen molar-refractivity contribution in [2.24, 2.45) is 10.9 Å². The number of anilines is 1. The molecular formula is C19H19N3O2. The van der Waals surface area contributed by atoms with Crippen LogP contribution in [0.4, 0.5) is 5.69 Å². The van der Waals surface area contributed by atoms with Crippen molar-refractivity contribution >= 4 is 17.3 Å². The second-order valence-electron chi connectivity index (χ2n) is 6.28. The van der Waals surface area contributed by atoms with Gasteiger partial charge >= 0.3 is 0 Å². The molecule has 0 spiro atoms. The number of carbonyl (C=O) groups is 1. The van der Waals surface area contributed by atoms with Crippen molar-refractivity contribution in [3.63, 3.8) is 0 Å². The summed E-state index contributed by atoms with van der Waals surface area (Å²) in [5.74, 6) is 0.341. The molecule has 0 saturated heterocycles. The van der Waals surface area contributed by atoms with Gasteiger partial charge in [-0.05, 0) is 36.2 Å². The van der Waals surface area contributed by atoms with E-state index in [4.69, 9.17) is 10.6 Å². The molecule has 3 N–H and O–H groups in total. The predicted molar refractivity (Wildman–Crippen MR) is 93.3 cm³/mol. The van der Waals surface area contributed by atoms with Gasteiger partial charge < -0.3 is 15.9 Å². The van der Waals surface area contributed by atoms with Crippen LogP contribution in [0.2, 0.25) is 0 Å². The predicted octanol–water partition coefficient (Wildman–Crippen LogP) is 2.88. The molecular weight excluding hydrogens is 302 g/mol. The second-order valence-corrected chi connectivity index (χ2v) is 6.28. The van der Waals surface area contributed by atoms with Crippen LogP contribution in [0, 0.1) is 0 Å². The quantitative estimate of drug-likeness (QED) is 0.909. The lowest BCUT2D eigenvalue weighted by atomic mass is 10.0. The third kappa shape index (κ3) is 3.03. The summed E-state index contributed by atoms with van der Waals surface area (Å²) in [6, 6.07) is 15.7. The molecule has 1 saturated carbocycles. The number of nitrogens with one attached hydrogen (secondary N) is 1. The summed E-state index contributed by atoms with van der Waals surface area (Å²) in [7, 11) is 0. The molecule has 2 unspecified atom stereocenters. The van der Waals surface area contributed by atoms with E-state index in [1.54, 1.807) is 6.07 Å². The van der Waals surface area contributed by atoms with E-state index in [9.17, 15) is 4.79 Å². The lowest BCUT2D eigenvalue weighted by molar-refractivity contribution is 0.102. The largest absolute Gasteiger partial charge is 0.395 e. The molecule has 0 bridgehead atoms. The number of rotatable bonds is 4. The zero-order chi connectivity index (χ0) is 16.5. The fourth-order valence-corrected chi connectivity index (χ4v) is 2.96. The average molecular weight is 321 g/mol. The van der Waals surface area contributed by atoms with Gasteiger partial charge in [-0.25, -0.2) is 0 Å². The molecule has 0 radical (unpaired) electrons. The zero-order valence-corrected chi connectivity index (χ0v) is 13.2. The molecule has 1 heterocycles. The number of nitrogens with two attached hydrogens (primary N) is 1. The maximum absolute atomic E-state index is 12.5. The fourth-order valence-electron chi connectivity index (χ4n) is 2.96. The Labute approximate surface area is 140 Å². The maximum Gasteiger partial charge on any atom is 0.255 e. The Morgan fingerprint density at radius 1 is 1.21 bits per heavy atom. The van der Waals surface area contributed by atoms with Gasteiger partial charge in [0.25, 0.3) is 5.91 Å². The monoisotopic (exact) mass is 321 g/mol. The molecule has 2 aromatic rings. The molecule has 24 heavy (non-hydrogen) atoms. The Hall–Kier alpha value is -2.66. The minimum absolute atomic E-state index is 0.132. The molecule has 2 aliphatic rings. The fraction of sp³-hybridized carbons (Fsp3) is 0.263. The molecule has 1 amide bonds. The molecule has 2 atom stereocenters. The highest BCUT2D eigenvalue weighted by molar-refractivity contribution is 6.07. The number of amides is 1. The van der Waals surface area contributed by atoms with Crippen molar-refractivity contribution in [2.75, 3.05) is 11.9 Å². The summed E-state index contributed by atoms with van der Waals surface area (Å²) in [6.45, 7) is 0.600. The topological polar surface area (TPSA) is 76.7 Å². The molecule has 2 aromatic carbocycles. The molecule has 1 fully saturated rings. The number of hydrogen-bond donors (Lipinski definition) is 2. The van der Waals surface area contributed by atoms with Crippen LogP contribution in [0.25, 0.3) is 0 Å². The van der Waals surface area contributed by atoms with E-state index in [0.717, 1.165) is 29.8 Å². The molecule has 5 heteroatoms. The van der Waals surface area contributed by atoms with E-state index in [2.05, 4.69) is 10.5 Å². The van der Waals surface area contributed by atoms with Crippen LogP contribution in [-0.4, -0.2) is 24.3 Å². The van der Waals surface area contributed by atoms with Gasteiger partial charge in [0.05, 0.1) is 5.71 Å². The van der Waals surface area contributed by atoms with Crippen molar-refractivity contribution < 1.29 is 9.63 Å². The number of benzene rings is 2. The summed E-state index contributed by atoms with van der Waals surface area (Å²) < 4.78 is 0. The van der Waals surface area contributed by atoms with E-state index in [-0.39, 0.29) is 11.9 Å². The molecule has 5 nitrogen and oxygen atoms in total. The van der Waals surface area contributed by atoms with Gasteiger partial charge in [-0.1, -0.05) is 29.4 Å². The van der Waals surface area contributed by atoms with Crippen LogP contribution >= 0.6 is 0 Å². The third-order valence-electron chi connectivity index (χ3n) is 4.50. The van der Waals surface area contributed by atoms with Gasteiger partial charge in [0.1, 0.15) is 6.61 Å². The van der Waals surface area contributed by atoms with Crippen molar-refractivity contribution in [3.05, 3.63) is 65.2 Å². The van der Waals surface area contributed by atoms with Crippen molar-refractivity contribution in [2.45, 2.75) is 24.8 Å². The highest BCUT2D eigenvalue weighted by Gasteiger charge is 2.34. The van der Waals surface area contributed by atoms with E-state index >= 15 is 0 Å². The first-order valence-corrected chi connectivity index (χ1v) is 8.17. The van der Waals surface area contributed by atoms with E-state index in [0.29, 0.717) is 18.1 Å². The standard InChI is InChI=1S/C19H19N3O2/c20-17-11-16(17)12-4-6-15(7-5-12)21-19(23)14-3-1-2-13(10-14)18-8-9-24-22-18/h1-7,10,16-17H,8-9,11,20H2,(H,21,23). The van der Waals surface area contributed by atoms with Crippen LogP contribution in [0.3, 0.4) is 0 Å². The zero-order valence-electron chi connectivity index (χ0n) is 13.2. The van der Waals surface area contributed by atoms with Crippen LogP contribution in [0.5, 0.6) is 0 Å². The van der Waals surface area contributed by atoms with Crippen LogP contribution in [0.15, 0.2) is 53.7 Å². The normalized spacial score (nSPS) is 21.8. The van der Waals surface area contributed by atoms with Crippen LogP contribution in [-0.2, 0) is 4.84 Å². The lowest BCUT2D eigenvalue weighted by Crippen LogP contribution is -2.12. The Morgan fingerprint density at radius 3 is 2.67 bits per heavy atom. The van der Waals surface area contributed by atoms with Gasteiger partial charge in [0, 0.05) is 35.2 Å². The first-order chi connectivity index (χ1) is 11.7. The maximum atomic E-state index is 12.5. The molecule has 1 aliphatic heterocycles. The second kappa shape index (κ2) is 6.09. The SMILES string of the molecule is NC1CC1c1ccc(NC(=O)c2cccc(C3=NOCC3)c2)cc1. The number of hydrogen-bond acceptors (Lipinski definition) is 4. The van der Waals surface area contributed by atoms with Gasteiger partial charge in [-0.3, -0.25) is 4.79 Å². The summed E-state index contributed by atoms with van der Waals surface area (Å²) >= 11 is 0. The molecule has 122 valence electrons. The average Bonchev–Trinajstić information content (AvgIpc) is 3.11. The Morgan fingerprint density at radius 2 is 2.00 bits per heavy atom. The lowest BCUT2D eigenvalue weighted by Gasteiger charge is -2.08. The highest BCUT2D eigenvalue weighted by Crippen LogP contribution is 2.39. The van der Waals surface area contributed by atoms with Crippen molar-refractivity contribution in [1.82, 2.24) is 0 Å². The number of carbonyl (C=O) groups excluding carboxylic acids is 1. The van der Waals surface area contributed by atoms with E-state index in [1.807, 2.05) is 42.5 Å². The van der Waals surface area contributed by atoms with Crippen LogP contribution in [0.1, 0.15) is 40.2 Å². The Balaban J connectivity index is 1.46. The van der Waals surface area contributed by atoms with Gasteiger partial charge in [-0.15, -0.1) is 0 Å². The summed E-state index contributed by atoms with van der Waals surface area (Å²) in [4.78, 5) is 17.5. The summed E-state index contributed by atoms with van der Waals surface area (Å²) in [6.07, 6.45) is 1.82. The minimum Gasteiger partial charge on any atom is -0.395 e. The molecule has 4 rings (SSSR count). The van der Waals surface area contributed by atoms with Crippen LogP contribution < -0.4 is 11.1 Å². The van der Waals surface area contributed by atoms with E-state index in [1.165, 1.54) is 5.56 Å². The third-order valence-corrected chi connectivity index (χ3v) is 4.50. The first-order valence-electron chi connectivity index (χ1n) is 8.17. The Bertz CT molecular complexity index is 799. The smallest absolute Gasteiger partial charge is 0.255 e. The minimum atomic E-state index is -0.132. The number of nitrogens with zero attached hydrogens (tertiary/aromatic N) is 1. The molecule has 1 aliphatic carbocycles. The number of oxime groups is 1.